The van der Waals surface area contributed by atoms with E-state index >= 15 is 0 Å². The van der Waals surface area contributed by atoms with Gasteiger partial charge in [0.05, 0.1) is 9.82 Å². The molecule has 9 nitrogen and oxygen atoms in total. The molecule has 0 aliphatic carbocycles. The van der Waals surface area contributed by atoms with Gasteiger partial charge in [-0.1, -0.05) is 38.5 Å². The molecule has 0 bridgehead atoms. The van der Waals surface area contributed by atoms with Gasteiger partial charge in [-0.15, -0.1) is 0 Å². The Bertz CT molecular complexity index is 979. The number of hydrogen-bond donors (Lipinski definition) is 2. The Morgan fingerprint density at radius 2 is 1.70 bits per heavy atom. The second-order valence-corrected chi connectivity index (χ2v) is 8.63. The van der Waals surface area contributed by atoms with Crippen LogP contribution >= 0.6 is 0 Å². The highest BCUT2D eigenvalue weighted by atomic mass is 32.2. The van der Waals surface area contributed by atoms with Gasteiger partial charge in [0, 0.05) is 11.5 Å². The average molecular weight is 392 g/mol. The number of rotatable bonds is 5. The molecule has 0 spiro atoms. The van der Waals surface area contributed by atoms with Crippen LogP contribution in [0.4, 0.5) is 17.3 Å². The molecule has 1 amide bonds. The van der Waals surface area contributed by atoms with E-state index in [1.54, 1.807) is 32.9 Å². The van der Waals surface area contributed by atoms with Crippen molar-refractivity contribution in [3.8, 4) is 0 Å². The largest absolute Gasteiger partial charge is 0.311 e. The SMILES string of the molecule is Cc1ccc(S(=O)(=O)Nc2ccc([N+](=O)[O-])c(NC(=O)C(C)(C)C)n2)cc1. The second-order valence-electron chi connectivity index (χ2n) is 6.94. The summed E-state index contributed by atoms with van der Waals surface area (Å²) in [6.07, 6.45) is 0. The molecular formula is C17H20N4O5S. The number of nitro groups is 1. The van der Waals surface area contributed by atoms with Gasteiger partial charge in [-0.3, -0.25) is 19.6 Å². The van der Waals surface area contributed by atoms with Crippen molar-refractivity contribution in [2.24, 2.45) is 5.41 Å². The Morgan fingerprint density at radius 1 is 1.11 bits per heavy atom. The molecule has 0 atom stereocenters. The van der Waals surface area contributed by atoms with Crippen molar-refractivity contribution in [1.29, 1.82) is 0 Å². The number of nitrogens with one attached hydrogen (secondary N) is 2. The third kappa shape index (κ3) is 5.00. The molecule has 2 aromatic rings. The minimum atomic E-state index is -3.93. The maximum atomic E-state index is 12.5. The van der Waals surface area contributed by atoms with Crippen molar-refractivity contribution in [3.63, 3.8) is 0 Å². The first-order chi connectivity index (χ1) is 12.4. The molecule has 2 N–H and O–H groups in total. The third-order valence-corrected chi connectivity index (χ3v) is 4.92. The Morgan fingerprint density at radius 3 is 2.22 bits per heavy atom. The molecule has 1 heterocycles. The lowest BCUT2D eigenvalue weighted by atomic mass is 9.96. The van der Waals surface area contributed by atoms with E-state index < -0.39 is 32.0 Å². The fourth-order valence-electron chi connectivity index (χ4n) is 1.96. The molecule has 0 saturated carbocycles. The van der Waals surface area contributed by atoms with Gasteiger partial charge in [0.25, 0.3) is 10.0 Å². The molecule has 0 unspecified atom stereocenters. The topological polar surface area (TPSA) is 131 Å². The highest BCUT2D eigenvalue weighted by Gasteiger charge is 2.26. The molecule has 0 fully saturated rings. The number of hydrogen-bond acceptors (Lipinski definition) is 6. The molecule has 27 heavy (non-hydrogen) atoms. The Labute approximate surface area is 157 Å². The summed E-state index contributed by atoms with van der Waals surface area (Å²) < 4.78 is 27.2. The Hall–Kier alpha value is -3.01. The summed E-state index contributed by atoms with van der Waals surface area (Å²) in [5.41, 5.74) is -0.354. The highest BCUT2D eigenvalue weighted by Crippen LogP contribution is 2.27. The molecule has 0 saturated heterocycles. The van der Waals surface area contributed by atoms with Crippen molar-refractivity contribution in [3.05, 3.63) is 52.1 Å². The van der Waals surface area contributed by atoms with Crippen LogP contribution < -0.4 is 10.0 Å². The van der Waals surface area contributed by atoms with Crippen molar-refractivity contribution in [2.75, 3.05) is 10.0 Å². The summed E-state index contributed by atoms with van der Waals surface area (Å²) >= 11 is 0. The smallest absolute Gasteiger partial charge is 0.304 e. The number of benzene rings is 1. The van der Waals surface area contributed by atoms with E-state index in [9.17, 15) is 23.3 Å². The summed E-state index contributed by atoms with van der Waals surface area (Å²) in [6, 6.07) is 8.41. The van der Waals surface area contributed by atoms with Crippen molar-refractivity contribution < 1.29 is 18.1 Å². The molecule has 10 heteroatoms. The van der Waals surface area contributed by atoms with E-state index in [1.165, 1.54) is 12.1 Å². The van der Waals surface area contributed by atoms with Crippen molar-refractivity contribution in [1.82, 2.24) is 4.98 Å². The van der Waals surface area contributed by atoms with E-state index in [0.717, 1.165) is 17.7 Å². The number of carbonyl (C=O) groups is 1. The normalized spacial score (nSPS) is 11.7. The van der Waals surface area contributed by atoms with Crippen LogP contribution in [0.2, 0.25) is 0 Å². The van der Waals surface area contributed by atoms with Gasteiger partial charge in [0.1, 0.15) is 5.82 Å². The van der Waals surface area contributed by atoms with Gasteiger partial charge < -0.3 is 5.32 Å². The van der Waals surface area contributed by atoms with E-state index in [-0.39, 0.29) is 16.5 Å². The number of nitrogens with zero attached hydrogens (tertiary/aromatic N) is 2. The van der Waals surface area contributed by atoms with E-state index in [1.807, 2.05) is 6.92 Å². The third-order valence-electron chi connectivity index (χ3n) is 3.55. The fourth-order valence-corrected chi connectivity index (χ4v) is 2.96. The quantitative estimate of drug-likeness (QED) is 0.594. The zero-order valence-electron chi connectivity index (χ0n) is 15.3. The lowest BCUT2D eigenvalue weighted by Gasteiger charge is -2.17. The molecule has 0 radical (unpaired) electrons. The van der Waals surface area contributed by atoms with Crippen LogP contribution in [0.5, 0.6) is 0 Å². The first-order valence-electron chi connectivity index (χ1n) is 7.96. The van der Waals surface area contributed by atoms with Crippen LogP contribution in [0.1, 0.15) is 26.3 Å². The highest BCUT2D eigenvalue weighted by molar-refractivity contribution is 7.92. The monoisotopic (exact) mass is 392 g/mol. The summed E-state index contributed by atoms with van der Waals surface area (Å²) in [5, 5.41) is 13.6. The number of pyridine rings is 1. The molecular weight excluding hydrogens is 372 g/mol. The zero-order chi connectivity index (χ0) is 20.4. The number of carbonyl (C=O) groups excluding carboxylic acids is 1. The first kappa shape index (κ1) is 20.3. The van der Waals surface area contributed by atoms with E-state index in [4.69, 9.17) is 0 Å². The Kier molecular flexibility index (Phi) is 5.50. The van der Waals surface area contributed by atoms with Crippen LogP contribution in [0.3, 0.4) is 0 Å². The van der Waals surface area contributed by atoms with Crippen LogP contribution in [0.25, 0.3) is 0 Å². The predicted molar refractivity (Wildman–Crippen MR) is 101 cm³/mol. The Balaban J connectivity index is 2.38. The van der Waals surface area contributed by atoms with Crippen LogP contribution in [0, 0.1) is 22.5 Å². The zero-order valence-corrected chi connectivity index (χ0v) is 16.1. The number of anilines is 2. The van der Waals surface area contributed by atoms with Gasteiger partial charge in [-0.05, 0) is 25.1 Å². The second kappa shape index (κ2) is 7.31. The van der Waals surface area contributed by atoms with Gasteiger partial charge >= 0.3 is 5.69 Å². The van der Waals surface area contributed by atoms with Gasteiger partial charge in [-0.25, -0.2) is 13.4 Å². The van der Waals surface area contributed by atoms with Crippen molar-refractivity contribution >= 4 is 33.3 Å². The van der Waals surface area contributed by atoms with Crippen molar-refractivity contribution in [2.45, 2.75) is 32.6 Å². The molecule has 1 aromatic carbocycles. The molecule has 0 aliphatic heterocycles. The average Bonchev–Trinajstić information content (AvgIpc) is 2.53. The summed E-state index contributed by atoms with van der Waals surface area (Å²) in [7, 11) is -3.93. The van der Waals surface area contributed by atoms with E-state index in [2.05, 4.69) is 15.0 Å². The molecule has 0 aliphatic rings. The summed E-state index contributed by atoms with van der Waals surface area (Å²) in [5.74, 6) is -0.967. The van der Waals surface area contributed by atoms with Gasteiger partial charge in [0.2, 0.25) is 11.7 Å². The molecule has 144 valence electrons. The maximum Gasteiger partial charge on any atom is 0.311 e. The van der Waals surface area contributed by atoms with Gasteiger partial charge in [0.15, 0.2) is 0 Å². The fraction of sp³-hybridized carbons (Fsp3) is 0.294. The summed E-state index contributed by atoms with van der Waals surface area (Å²) in [4.78, 5) is 26.6. The van der Waals surface area contributed by atoms with Crippen LogP contribution in [0.15, 0.2) is 41.3 Å². The minimum absolute atomic E-state index is 0.0218. The molecule has 1 aromatic heterocycles. The lowest BCUT2D eigenvalue weighted by Crippen LogP contribution is -2.28. The minimum Gasteiger partial charge on any atom is -0.304 e. The number of sulfonamides is 1. The lowest BCUT2D eigenvalue weighted by molar-refractivity contribution is -0.384. The predicted octanol–water partition coefficient (Wildman–Crippen LogP) is 3.08. The van der Waals surface area contributed by atoms with Crippen LogP contribution in [-0.2, 0) is 14.8 Å². The number of aryl methyl sites for hydroxylation is 1. The first-order valence-corrected chi connectivity index (χ1v) is 9.45. The number of aromatic nitrogens is 1. The standard InChI is InChI=1S/C17H20N4O5S/c1-11-5-7-12(8-6-11)27(25,26)20-14-10-9-13(21(23)24)15(18-14)19-16(22)17(2,3)4/h5-10H,1-4H3,(H2,18,19,20,22). The number of amides is 1. The van der Waals surface area contributed by atoms with E-state index in [0.29, 0.717) is 0 Å². The summed E-state index contributed by atoms with van der Waals surface area (Å²) in [6.45, 7) is 6.74. The molecule has 2 rings (SSSR count). The van der Waals surface area contributed by atoms with Crippen LogP contribution in [-0.4, -0.2) is 24.2 Å². The maximum absolute atomic E-state index is 12.5. The van der Waals surface area contributed by atoms with Gasteiger partial charge in [-0.2, -0.15) is 0 Å².